The molecule has 1 aromatic heterocycles. The number of nitrogens with one attached hydrogen (secondary N) is 1. The Hall–Kier alpha value is -5.03. The number of amides is 1. The van der Waals surface area contributed by atoms with Crippen LogP contribution in [-0.2, 0) is 4.79 Å². The van der Waals surface area contributed by atoms with Crippen LogP contribution in [0.15, 0.2) is 89.1 Å². The molecule has 1 heterocycles. The van der Waals surface area contributed by atoms with Crippen molar-refractivity contribution in [3.63, 3.8) is 0 Å². The Balaban J connectivity index is 1.39. The molecule has 0 atom stereocenters. The van der Waals surface area contributed by atoms with Crippen LogP contribution in [0, 0.1) is 0 Å². The van der Waals surface area contributed by atoms with Crippen LogP contribution in [0.4, 0.5) is 0 Å². The molecule has 0 saturated heterocycles. The van der Waals surface area contributed by atoms with Crippen molar-refractivity contribution in [1.29, 1.82) is 0 Å². The first-order valence-corrected chi connectivity index (χ1v) is 13.5. The van der Waals surface area contributed by atoms with E-state index in [1.54, 1.807) is 39.5 Å². The van der Waals surface area contributed by atoms with Gasteiger partial charge in [0.2, 0.25) is 5.75 Å². The van der Waals surface area contributed by atoms with Gasteiger partial charge in [-0.3, -0.25) is 9.36 Å². The number of para-hydroxylation sites is 1. The number of ether oxygens (including phenoxy) is 3. The molecule has 0 aliphatic heterocycles. The van der Waals surface area contributed by atoms with Gasteiger partial charge in [0.1, 0.15) is 5.75 Å². The predicted molar refractivity (Wildman–Crippen MR) is 159 cm³/mol. The van der Waals surface area contributed by atoms with E-state index in [-0.39, 0.29) is 17.4 Å². The highest BCUT2D eigenvalue weighted by atomic mass is 32.2. The van der Waals surface area contributed by atoms with E-state index in [9.17, 15) is 9.90 Å². The van der Waals surface area contributed by atoms with E-state index >= 15 is 0 Å². The second kappa shape index (κ2) is 12.4. The maximum Gasteiger partial charge on any atom is 0.250 e. The van der Waals surface area contributed by atoms with Crippen LogP contribution in [0.1, 0.15) is 5.56 Å². The van der Waals surface area contributed by atoms with Crippen molar-refractivity contribution in [1.82, 2.24) is 20.2 Å². The molecule has 0 spiro atoms. The van der Waals surface area contributed by atoms with Crippen LogP contribution in [0.3, 0.4) is 0 Å². The van der Waals surface area contributed by atoms with Gasteiger partial charge in [-0.1, -0.05) is 60.3 Å². The third-order valence-electron chi connectivity index (χ3n) is 6.23. The fourth-order valence-electron chi connectivity index (χ4n) is 4.32. The molecule has 0 bridgehead atoms. The van der Waals surface area contributed by atoms with Crippen LogP contribution >= 0.6 is 11.8 Å². The van der Waals surface area contributed by atoms with Crippen molar-refractivity contribution in [2.24, 2.45) is 5.10 Å². The summed E-state index contributed by atoms with van der Waals surface area (Å²) in [6.45, 7) is 0. The monoisotopic (exact) mass is 569 g/mol. The number of phenols is 1. The van der Waals surface area contributed by atoms with E-state index in [4.69, 9.17) is 14.2 Å². The third kappa shape index (κ3) is 5.80. The summed E-state index contributed by atoms with van der Waals surface area (Å²) in [5.74, 6) is 1.71. The number of hydrogen-bond donors (Lipinski definition) is 2. The zero-order valence-electron chi connectivity index (χ0n) is 22.6. The molecule has 1 amide bonds. The van der Waals surface area contributed by atoms with E-state index < -0.39 is 0 Å². The fraction of sp³-hybridized carbons (Fsp3) is 0.133. The van der Waals surface area contributed by atoms with E-state index in [0.29, 0.717) is 39.4 Å². The maximum atomic E-state index is 12.7. The Bertz CT molecular complexity index is 1700. The van der Waals surface area contributed by atoms with Gasteiger partial charge in [0.05, 0.1) is 33.3 Å². The summed E-state index contributed by atoms with van der Waals surface area (Å²) in [5.41, 5.74) is 4.55. The number of hydrogen-bond acceptors (Lipinski definition) is 9. The lowest BCUT2D eigenvalue weighted by Gasteiger charge is -2.15. The molecule has 2 N–H and O–H groups in total. The second-order valence-corrected chi connectivity index (χ2v) is 9.64. The summed E-state index contributed by atoms with van der Waals surface area (Å²) in [6.07, 6.45) is 1.44. The van der Waals surface area contributed by atoms with Crippen molar-refractivity contribution in [3.8, 4) is 40.1 Å². The Morgan fingerprint density at radius 3 is 2.37 bits per heavy atom. The number of carbonyl (C=O) groups excluding carboxylic acids is 1. The van der Waals surface area contributed by atoms with Gasteiger partial charge < -0.3 is 19.3 Å². The van der Waals surface area contributed by atoms with Gasteiger partial charge in [-0.2, -0.15) is 5.10 Å². The Labute approximate surface area is 240 Å². The van der Waals surface area contributed by atoms with Crippen LogP contribution in [0.2, 0.25) is 0 Å². The fourth-order valence-corrected chi connectivity index (χ4v) is 5.07. The lowest BCUT2D eigenvalue weighted by atomic mass is 10.0. The number of carbonyl (C=O) groups is 1. The summed E-state index contributed by atoms with van der Waals surface area (Å²) >= 11 is 1.21. The van der Waals surface area contributed by atoms with Crippen molar-refractivity contribution in [3.05, 3.63) is 84.4 Å². The summed E-state index contributed by atoms with van der Waals surface area (Å²) in [7, 11) is 4.64. The van der Waals surface area contributed by atoms with Gasteiger partial charge in [-0.15, -0.1) is 10.2 Å². The predicted octanol–water partition coefficient (Wildman–Crippen LogP) is 5.06. The molecule has 4 aromatic carbocycles. The zero-order valence-corrected chi connectivity index (χ0v) is 23.4. The summed E-state index contributed by atoms with van der Waals surface area (Å²) in [4.78, 5) is 12.7. The zero-order chi connectivity index (χ0) is 28.8. The summed E-state index contributed by atoms with van der Waals surface area (Å²) in [5, 5.41) is 25.5. The van der Waals surface area contributed by atoms with Crippen molar-refractivity contribution in [2.75, 3.05) is 27.1 Å². The Morgan fingerprint density at radius 2 is 1.66 bits per heavy atom. The van der Waals surface area contributed by atoms with Crippen LogP contribution in [-0.4, -0.2) is 59.1 Å². The van der Waals surface area contributed by atoms with Crippen LogP contribution < -0.4 is 19.6 Å². The minimum atomic E-state index is -0.345. The second-order valence-electron chi connectivity index (χ2n) is 8.69. The summed E-state index contributed by atoms with van der Waals surface area (Å²) in [6, 6.07) is 24.2. The van der Waals surface area contributed by atoms with Crippen molar-refractivity contribution in [2.45, 2.75) is 5.16 Å². The average Bonchev–Trinajstić information content (AvgIpc) is 3.44. The van der Waals surface area contributed by atoms with Crippen LogP contribution in [0.25, 0.3) is 27.8 Å². The van der Waals surface area contributed by atoms with E-state index in [2.05, 4.69) is 20.7 Å². The van der Waals surface area contributed by atoms with Crippen molar-refractivity contribution >= 4 is 34.7 Å². The largest absolute Gasteiger partial charge is 0.507 e. The molecule has 5 rings (SSSR count). The van der Waals surface area contributed by atoms with Gasteiger partial charge in [0, 0.05) is 16.8 Å². The normalized spacial score (nSPS) is 11.1. The highest BCUT2D eigenvalue weighted by Crippen LogP contribution is 2.41. The molecule has 41 heavy (non-hydrogen) atoms. The maximum absolute atomic E-state index is 12.7. The van der Waals surface area contributed by atoms with Crippen molar-refractivity contribution < 1.29 is 24.1 Å². The molecule has 0 saturated carbocycles. The molecule has 208 valence electrons. The number of aromatic hydroxyl groups is 1. The molecule has 10 nitrogen and oxygen atoms in total. The molecule has 0 fully saturated rings. The van der Waals surface area contributed by atoms with Gasteiger partial charge in [0.15, 0.2) is 22.5 Å². The first kappa shape index (κ1) is 27.5. The SMILES string of the molecule is COc1cc(-c2nnc(SCC(=O)N/N=C/c3c(O)ccc4ccccc34)n2-c2ccccc2)cc(OC)c1OC. The number of phenolic OH excluding ortho intramolecular Hbond substituents is 1. The Kier molecular flexibility index (Phi) is 8.35. The lowest BCUT2D eigenvalue weighted by molar-refractivity contribution is -0.118. The van der Waals surface area contributed by atoms with Gasteiger partial charge in [0.25, 0.3) is 5.91 Å². The molecular formula is C30H27N5O5S. The quantitative estimate of drug-likeness (QED) is 0.136. The first-order chi connectivity index (χ1) is 20.0. The van der Waals surface area contributed by atoms with E-state index in [1.807, 2.05) is 65.2 Å². The minimum absolute atomic E-state index is 0.0269. The molecule has 0 aliphatic rings. The number of thioether (sulfide) groups is 1. The molecule has 11 heteroatoms. The minimum Gasteiger partial charge on any atom is -0.507 e. The highest BCUT2D eigenvalue weighted by Gasteiger charge is 2.21. The van der Waals surface area contributed by atoms with Crippen LogP contribution in [0.5, 0.6) is 23.0 Å². The third-order valence-corrected chi connectivity index (χ3v) is 7.16. The molecule has 0 radical (unpaired) electrons. The topological polar surface area (TPSA) is 120 Å². The molecule has 0 aliphatic carbocycles. The number of hydrazone groups is 1. The Morgan fingerprint density at radius 1 is 0.951 bits per heavy atom. The summed E-state index contributed by atoms with van der Waals surface area (Å²) < 4.78 is 18.4. The highest BCUT2D eigenvalue weighted by molar-refractivity contribution is 7.99. The number of nitrogens with zero attached hydrogens (tertiary/aromatic N) is 4. The van der Waals surface area contributed by atoms with Gasteiger partial charge in [-0.05, 0) is 41.1 Å². The number of fused-ring (bicyclic) bond motifs is 1. The van der Waals surface area contributed by atoms with Gasteiger partial charge >= 0.3 is 0 Å². The standard InChI is InChI=1S/C30H27N5O5S/c1-38-25-15-20(16-26(39-2)28(25)40-3)29-33-34-30(35(29)21-10-5-4-6-11-21)41-18-27(37)32-31-17-23-22-12-8-7-9-19(22)13-14-24(23)36/h4-17,36H,18H2,1-3H3,(H,32,37)/b31-17+. The molecule has 0 unspecified atom stereocenters. The lowest BCUT2D eigenvalue weighted by Crippen LogP contribution is -2.20. The van der Waals surface area contributed by atoms with E-state index in [1.165, 1.54) is 18.0 Å². The average molecular weight is 570 g/mol. The number of benzene rings is 4. The molecular weight excluding hydrogens is 542 g/mol. The smallest absolute Gasteiger partial charge is 0.250 e. The van der Waals surface area contributed by atoms with E-state index in [0.717, 1.165) is 16.5 Å². The van der Waals surface area contributed by atoms with Gasteiger partial charge in [-0.25, -0.2) is 5.43 Å². The first-order valence-electron chi connectivity index (χ1n) is 12.5. The number of methoxy groups -OCH3 is 3. The number of rotatable bonds is 10. The number of aromatic nitrogens is 3. The molecule has 5 aromatic rings.